The van der Waals surface area contributed by atoms with Gasteiger partial charge in [-0.1, -0.05) is 0 Å². The van der Waals surface area contributed by atoms with Crippen LogP contribution in [0, 0.1) is 11.6 Å². The van der Waals surface area contributed by atoms with Crippen LogP contribution < -0.4 is 11.5 Å². The van der Waals surface area contributed by atoms with Crippen molar-refractivity contribution in [3.63, 3.8) is 0 Å². The predicted molar refractivity (Wildman–Crippen MR) is 44.8 cm³/mol. The van der Waals surface area contributed by atoms with Crippen LogP contribution in [0.1, 0.15) is 11.6 Å². The molecule has 0 aliphatic heterocycles. The van der Waals surface area contributed by atoms with Crippen LogP contribution in [-0.2, 0) is 0 Å². The second-order valence-electron chi connectivity index (χ2n) is 2.69. The van der Waals surface area contributed by atoms with Crippen LogP contribution >= 0.6 is 0 Å². The Bertz CT molecular complexity index is 294. The molecule has 1 unspecified atom stereocenters. The van der Waals surface area contributed by atoms with Gasteiger partial charge in [-0.2, -0.15) is 0 Å². The third-order valence-electron chi connectivity index (χ3n) is 1.73. The van der Waals surface area contributed by atoms with Gasteiger partial charge in [0.15, 0.2) is 0 Å². The molecule has 0 aliphatic carbocycles. The molecule has 13 heavy (non-hydrogen) atoms. The van der Waals surface area contributed by atoms with Gasteiger partial charge in [0, 0.05) is 0 Å². The van der Waals surface area contributed by atoms with Crippen LogP contribution in [-0.4, -0.2) is 11.7 Å². The van der Waals surface area contributed by atoms with Gasteiger partial charge in [-0.25, -0.2) is 8.78 Å². The number of benzene rings is 1. The first kappa shape index (κ1) is 9.88. The lowest BCUT2D eigenvalue weighted by atomic mass is 10.1. The smallest absolute Gasteiger partial charge is 0.149 e. The highest BCUT2D eigenvalue weighted by atomic mass is 19.1. The highest BCUT2D eigenvalue weighted by Gasteiger charge is 2.11. The molecule has 0 bridgehead atoms. The fourth-order valence-corrected chi connectivity index (χ4v) is 0.923. The van der Waals surface area contributed by atoms with Crippen molar-refractivity contribution in [2.45, 2.75) is 6.04 Å². The van der Waals surface area contributed by atoms with E-state index in [4.69, 9.17) is 16.6 Å². The van der Waals surface area contributed by atoms with Gasteiger partial charge in [-0.05, 0) is 17.7 Å². The number of hydrogen-bond acceptors (Lipinski definition) is 3. The van der Waals surface area contributed by atoms with Gasteiger partial charge in [-0.3, -0.25) is 0 Å². The second-order valence-corrected chi connectivity index (χ2v) is 2.69. The lowest BCUT2D eigenvalue weighted by Gasteiger charge is -2.09. The van der Waals surface area contributed by atoms with Crippen LogP contribution in [0.5, 0.6) is 0 Å². The fraction of sp³-hybridized carbons (Fsp3) is 0.250. The minimum Gasteiger partial charge on any atom is -0.394 e. The molecule has 5 N–H and O–H groups in total. The predicted octanol–water partition coefficient (Wildman–Crippen LogP) is 0.539. The molecule has 3 nitrogen and oxygen atoms in total. The molecule has 0 radical (unpaired) electrons. The maximum atomic E-state index is 12.8. The largest absolute Gasteiger partial charge is 0.394 e. The van der Waals surface area contributed by atoms with E-state index in [1.54, 1.807) is 0 Å². The first-order valence-corrected chi connectivity index (χ1v) is 3.67. The van der Waals surface area contributed by atoms with Crippen LogP contribution in [0.25, 0.3) is 0 Å². The first-order chi connectivity index (χ1) is 6.06. The zero-order chi connectivity index (χ0) is 10.0. The molecule has 1 aromatic carbocycles. The Hall–Kier alpha value is -1.20. The molecule has 72 valence electrons. The van der Waals surface area contributed by atoms with Gasteiger partial charge in [-0.15, -0.1) is 0 Å². The molecule has 0 saturated carbocycles. The lowest BCUT2D eigenvalue weighted by molar-refractivity contribution is 0.267. The van der Waals surface area contributed by atoms with Gasteiger partial charge in [0.05, 0.1) is 12.6 Å². The van der Waals surface area contributed by atoms with Crippen molar-refractivity contribution >= 4 is 5.69 Å². The molecule has 0 amide bonds. The van der Waals surface area contributed by atoms with E-state index >= 15 is 0 Å². The van der Waals surface area contributed by atoms with Crippen molar-refractivity contribution < 1.29 is 13.9 Å². The molecule has 1 aromatic rings. The molecule has 0 aliphatic rings. The van der Waals surface area contributed by atoms with E-state index < -0.39 is 23.4 Å². The van der Waals surface area contributed by atoms with E-state index in [1.807, 2.05) is 0 Å². The Balaban J connectivity index is 3.13. The number of hydrogen-bond donors (Lipinski definition) is 3. The van der Waals surface area contributed by atoms with E-state index in [9.17, 15) is 8.78 Å². The Morgan fingerprint density at radius 3 is 2.15 bits per heavy atom. The van der Waals surface area contributed by atoms with Crippen molar-refractivity contribution in [3.8, 4) is 0 Å². The molecule has 0 aromatic heterocycles. The third-order valence-corrected chi connectivity index (χ3v) is 1.73. The Labute approximate surface area is 74.0 Å². The van der Waals surface area contributed by atoms with Crippen LogP contribution in [0.3, 0.4) is 0 Å². The highest BCUT2D eigenvalue weighted by Crippen LogP contribution is 2.20. The van der Waals surface area contributed by atoms with Crippen molar-refractivity contribution in [3.05, 3.63) is 29.3 Å². The van der Waals surface area contributed by atoms with E-state index in [0.29, 0.717) is 0 Å². The molecule has 0 spiro atoms. The summed E-state index contributed by atoms with van der Waals surface area (Å²) in [4.78, 5) is 0. The zero-order valence-electron chi connectivity index (χ0n) is 6.80. The standard InChI is InChI=1S/C8H10F2N2O/c9-5-1-4(7(11)3-13)2-6(10)8(5)12/h1-2,7,13H,3,11-12H2. The average molecular weight is 188 g/mol. The topological polar surface area (TPSA) is 72.3 Å². The second kappa shape index (κ2) is 3.68. The number of aliphatic hydroxyl groups is 1. The maximum absolute atomic E-state index is 12.8. The Morgan fingerprint density at radius 1 is 1.31 bits per heavy atom. The van der Waals surface area contributed by atoms with Gasteiger partial charge < -0.3 is 16.6 Å². The van der Waals surface area contributed by atoms with E-state index in [-0.39, 0.29) is 12.2 Å². The monoisotopic (exact) mass is 188 g/mol. The molecule has 0 saturated heterocycles. The molecular weight excluding hydrogens is 178 g/mol. The zero-order valence-corrected chi connectivity index (χ0v) is 6.80. The van der Waals surface area contributed by atoms with E-state index in [0.717, 1.165) is 12.1 Å². The number of rotatable bonds is 2. The summed E-state index contributed by atoms with van der Waals surface area (Å²) >= 11 is 0. The minimum absolute atomic E-state index is 0.187. The highest BCUT2D eigenvalue weighted by molar-refractivity contribution is 5.43. The van der Waals surface area contributed by atoms with Gasteiger partial charge in [0.25, 0.3) is 0 Å². The summed E-state index contributed by atoms with van der Waals surface area (Å²) in [6, 6.07) is 1.24. The number of aliphatic hydroxyl groups excluding tert-OH is 1. The van der Waals surface area contributed by atoms with Gasteiger partial charge in [0.1, 0.15) is 17.3 Å². The Kier molecular flexibility index (Phi) is 2.79. The molecule has 0 heterocycles. The van der Waals surface area contributed by atoms with Crippen LogP contribution in [0.2, 0.25) is 0 Å². The summed E-state index contributed by atoms with van der Waals surface area (Å²) in [5.41, 5.74) is 10.1. The molecular formula is C8H10F2N2O. The summed E-state index contributed by atoms with van der Waals surface area (Å²) in [6.45, 7) is -0.372. The van der Waals surface area contributed by atoms with Gasteiger partial charge in [0.2, 0.25) is 0 Å². The van der Waals surface area contributed by atoms with Crippen molar-refractivity contribution in [2.24, 2.45) is 5.73 Å². The summed E-state index contributed by atoms with van der Waals surface area (Å²) in [7, 11) is 0. The van der Waals surface area contributed by atoms with Crippen molar-refractivity contribution in [2.75, 3.05) is 12.3 Å². The fourth-order valence-electron chi connectivity index (χ4n) is 0.923. The van der Waals surface area contributed by atoms with E-state index in [1.165, 1.54) is 0 Å². The summed E-state index contributed by atoms with van der Waals surface area (Å²) < 4.78 is 25.7. The van der Waals surface area contributed by atoms with Crippen LogP contribution in [0.15, 0.2) is 12.1 Å². The van der Waals surface area contributed by atoms with Crippen LogP contribution in [0.4, 0.5) is 14.5 Å². The number of nitrogen functional groups attached to an aromatic ring is 1. The van der Waals surface area contributed by atoms with Crippen molar-refractivity contribution in [1.29, 1.82) is 0 Å². The third kappa shape index (κ3) is 1.93. The summed E-state index contributed by atoms with van der Waals surface area (Å²) in [5.74, 6) is -1.72. The Morgan fingerprint density at radius 2 is 1.77 bits per heavy atom. The molecule has 5 heteroatoms. The van der Waals surface area contributed by atoms with E-state index in [2.05, 4.69) is 0 Å². The SMILES string of the molecule is Nc1c(F)cc(C(N)CO)cc1F. The molecule has 1 atom stereocenters. The minimum atomic E-state index is -0.862. The lowest BCUT2D eigenvalue weighted by Crippen LogP contribution is -2.15. The molecule has 0 fully saturated rings. The van der Waals surface area contributed by atoms with Crippen molar-refractivity contribution in [1.82, 2.24) is 0 Å². The number of nitrogens with two attached hydrogens (primary N) is 2. The number of anilines is 1. The summed E-state index contributed by atoms with van der Waals surface area (Å²) in [5, 5.41) is 8.64. The maximum Gasteiger partial charge on any atom is 0.149 e. The average Bonchev–Trinajstić information content (AvgIpc) is 2.12. The first-order valence-electron chi connectivity index (χ1n) is 3.67. The van der Waals surface area contributed by atoms with Gasteiger partial charge >= 0.3 is 0 Å². The number of halogens is 2. The normalized spacial score (nSPS) is 12.9. The summed E-state index contributed by atoms with van der Waals surface area (Å²) in [6.07, 6.45) is 0. The molecule has 1 rings (SSSR count). The quantitative estimate of drug-likeness (QED) is 0.593.